The zero-order valence-electron chi connectivity index (χ0n) is 18.7. The van der Waals surface area contributed by atoms with Crippen molar-refractivity contribution in [2.24, 2.45) is 0 Å². The minimum Gasteiger partial charge on any atom is -0.491 e. The fourth-order valence-electron chi connectivity index (χ4n) is 3.38. The number of nitrogens with zero attached hydrogens (tertiary/aromatic N) is 3. The lowest BCUT2D eigenvalue weighted by Crippen LogP contribution is -2.45. The molecular formula is C22H31N5O4S. The van der Waals surface area contributed by atoms with E-state index in [0.29, 0.717) is 11.4 Å². The molecule has 0 saturated carbocycles. The first-order chi connectivity index (χ1) is 15.2. The smallest absolute Gasteiger partial charge is 0.241 e. The topological polar surface area (TPSA) is 104 Å². The molecule has 1 aromatic heterocycles. The second-order valence-corrected chi connectivity index (χ2v) is 9.83. The highest BCUT2D eigenvalue weighted by Crippen LogP contribution is 2.19. The van der Waals surface area contributed by atoms with Gasteiger partial charge in [0.25, 0.3) is 0 Å². The number of amides is 1. The molecule has 1 aliphatic rings. The Morgan fingerprint density at radius 2 is 1.81 bits per heavy atom. The van der Waals surface area contributed by atoms with E-state index >= 15 is 0 Å². The second-order valence-electron chi connectivity index (χ2n) is 8.11. The van der Waals surface area contributed by atoms with Gasteiger partial charge >= 0.3 is 0 Å². The maximum Gasteiger partial charge on any atom is 0.241 e. The fraction of sp³-hybridized carbons (Fsp3) is 0.455. The van der Waals surface area contributed by atoms with Gasteiger partial charge in [-0.1, -0.05) is 6.07 Å². The highest BCUT2D eigenvalue weighted by Gasteiger charge is 2.20. The lowest BCUT2D eigenvalue weighted by molar-refractivity contribution is -0.118. The molecule has 1 saturated heterocycles. The zero-order chi connectivity index (χ0) is 23.1. The summed E-state index contributed by atoms with van der Waals surface area (Å²) in [5.74, 6) is 0.228. The number of hydrogen-bond donors (Lipinski definition) is 2. The van der Waals surface area contributed by atoms with Gasteiger partial charge in [0.15, 0.2) is 0 Å². The number of piperazine rings is 1. The number of nitrogens with one attached hydrogen (secondary N) is 2. The van der Waals surface area contributed by atoms with Gasteiger partial charge < -0.3 is 19.9 Å². The third-order valence-electron chi connectivity index (χ3n) is 4.97. The Labute approximate surface area is 189 Å². The van der Waals surface area contributed by atoms with E-state index in [4.69, 9.17) is 4.74 Å². The van der Waals surface area contributed by atoms with Crippen molar-refractivity contribution >= 4 is 27.4 Å². The number of carbonyl (C=O) groups excluding carboxylic acids is 1. The molecule has 9 nitrogen and oxygen atoms in total. The largest absolute Gasteiger partial charge is 0.491 e. The van der Waals surface area contributed by atoms with Crippen LogP contribution in [0.3, 0.4) is 0 Å². The molecule has 1 amide bonds. The summed E-state index contributed by atoms with van der Waals surface area (Å²) in [5.41, 5.74) is 1.23. The Balaban J connectivity index is 1.54. The van der Waals surface area contributed by atoms with Crippen molar-refractivity contribution in [2.45, 2.75) is 26.5 Å². The molecular weight excluding hydrogens is 430 g/mol. The molecule has 0 atom stereocenters. The number of rotatable bonds is 9. The number of sulfonamides is 1. The molecule has 0 radical (unpaired) electrons. The average molecular weight is 462 g/mol. The second kappa shape index (κ2) is 10.6. The normalized spacial score (nSPS) is 14.9. The van der Waals surface area contributed by atoms with Crippen molar-refractivity contribution in [3.8, 4) is 5.75 Å². The van der Waals surface area contributed by atoms with Gasteiger partial charge in [-0.15, -0.1) is 0 Å². The van der Waals surface area contributed by atoms with E-state index in [2.05, 4.69) is 31.9 Å². The van der Waals surface area contributed by atoms with Crippen LogP contribution in [0.2, 0.25) is 0 Å². The number of aromatic nitrogens is 1. The van der Waals surface area contributed by atoms with E-state index < -0.39 is 21.7 Å². The Morgan fingerprint density at radius 3 is 2.47 bits per heavy atom. The SMILES string of the molecule is CC(C)Oc1ccc(NS(=O)(=O)CC(=O)NCc2cccnc2N2CCN(C)CC2)cc1. The lowest BCUT2D eigenvalue weighted by Gasteiger charge is -2.34. The van der Waals surface area contributed by atoms with Gasteiger partial charge in [0.05, 0.1) is 6.10 Å². The van der Waals surface area contributed by atoms with Crippen molar-refractivity contribution in [1.82, 2.24) is 15.2 Å². The van der Waals surface area contributed by atoms with Crippen LogP contribution in [0.25, 0.3) is 0 Å². The maximum absolute atomic E-state index is 12.4. The molecule has 1 aliphatic heterocycles. The van der Waals surface area contributed by atoms with Crippen LogP contribution in [-0.4, -0.2) is 69.3 Å². The van der Waals surface area contributed by atoms with E-state index in [-0.39, 0.29) is 12.6 Å². The van der Waals surface area contributed by atoms with Crippen LogP contribution in [0, 0.1) is 0 Å². The molecule has 2 aromatic rings. The van der Waals surface area contributed by atoms with Crippen LogP contribution in [0.1, 0.15) is 19.4 Å². The summed E-state index contributed by atoms with van der Waals surface area (Å²) < 4.78 is 32.8. The first-order valence-corrected chi connectivity index (χ1v) is 12.3. The Bertz CT molecular complexity index is 1000. The van der Waals surface area contributed by atoms with Gasteiger partial charge in [0.2, 0.25) is 15.9 Å². The monoisotopic (exact) mass is 461 g/mol. The fourth-order valence-corrected chi connectivity index (χ4v) is 4.39. The molecule has 3 rings (SSSR count). The van der Waals surface area contributed by atoms with Gasteiger partial charge in [-0.2, -0.15) is 0 Å². The Morgan fingerprint density at radius 1 is 1.12 bits per heavy atom. The third kappa shape index (κ3) is 7.10. The minimum atomic E-state index is -3.85. The van der Waals surface area contributed by atoms with Gasteiger partial charge in [-0.3, -0.25) is 9.52 Å². The summed E-state index contributed by atoms with van der Waals surface area (Å²) in [6, 6.07) is 10.3. The predicted molar refractivity (Wildman–Crippen MR) is 125 cm³/mol. The van der Waals surface area contributed by atoms with Crippen molar-refractivity contribution in [2.75, 3.05) is 48.6 Å². The van der Waals surface area contributed by atoms with Gasteiger partial charge in [-0.05, 0) is 51.2 Å². The molecule has 0 spiro atoms. The summed E-state index contributed by atoms with van der Waals surface area (Å²) in [5, 5.41) is 2.70. The molecule has 0 unspecified atom stereocenters. The number of carbonyl (C=O) groups is 1. The number of anilines is 2. The molecule has 0 bridgehead atoms. The van der Waals surface area contributed by atoms with Crippen molar-refractivity contribution in [3.05, 3.63) is 48.2 Å². The first kappa shape index (κ1) is 23.8. The Kier molecular flexibility index (Phi) is 7.92. The standard InChI is InChI=1S/C22H31N5O4S/c1-17(2)31-20-8-6-19(7-9-20)25-32(29,30)16-21(28)24-15-18-5-4-10-23-22(18)27-13-11-26(3)12-14-27/h4-10,17,25H,11-16H2,1-3H3,(H,24,28). The number of benzene rings is 1. The van der Waals surface area contributed by atoms with Gasteiger partial charge in [-0.25, -0.2) is 13.4 Å². The average Bonchev–Trinajstić information content (AvgIpc) is 2.73. The lowest BCUT2D eigenvalue weighted by atomic mass is 10.2. The van der Waals surface area contributed by atoms with E-state index in [1.807, 2.05) is 26.0 Å². The van der Waals surface area contributed by atoms with Crippen LogP contribution in [-0.2, 0) is 21.4 Å². The minimum absolute atomic E-state index is 0.0258. The third-order valence-corrected chi connectivity index (χ3v) is 6.16. The Hall–Kier alpha value is -2.85. The number of ether oxygens (including phenoxy) is 1. The summed E-state index contributed by atoms with van der Waals surface area (Å²) in [6.45, 7) is 7.63. The molecule has 0 aliphatic carbocycles. The molecule has 2 heterocycles. The van der Waals surface area contributed by atoms with Crippen LogP contribution < -0.4 is 19.7 Å². The van der Waals surface area contributed by atoms with Gasteiger partial charge in [0.1, 0.15) is 17.3 Å². The molecule has 32 heavy (non-hydrogen) atoms. The van der Waals surface area contributed by atoms with E-state index in [0.717, 1.165) is 37.6 Å². The highest BCUT2D eigenvalue weighted by atomic mass is 32.2. The molecule has 2 N–H and O–H groups in total. The highest BCUT2D eigenvalue weighted by molar-refractivity contribution is 7.93. The number of pyridine rings is 1. The summed E-state index contributed by atoms with van der Waals surface area (Å²) >= 11 is 0. The molecule has 10 heteroatoms. The summed E-state index contributed by atoms with van der Waals surface area (Å²) in [4.78, 5) is 21.3. The first-order valence-electron chi connectivity index (χ1n) is 10.6. The van der Waals surface area contributed by atoms with E-state index in [1.165, 1.54) is 0 Å². The van der Waals surface area contributed by atoms with Crippen molar-refractivity contribution in [1.29, 1.82) is 0 Å². The molecule has 1 fully saturated rings. The molecule has 174 valence electrons. The quantitative estimate of drug-likeness (QED) is 0.586. The van der Waals surface area contributed by atoms with E-state index in [9.17, 15) is 13.2 Å². The van der Waals surface area contributed by atoms with E-state index in [1.54, 1.807) is 30.5 Å². The van der Waals surface area contributed by atoms with Crippen molar-refractivity contribution in [3.63, 3.8) is 0 Å². The van der Waals surface area contributed by atoms with Crippen molar-refractivity contribution < 1.29 is 17.9 Å². The summed E-state index contributed by atoms with van der Waals surface area (Å²) in [6.07, 6.45) is 1.75. The zero-order valence-corrected chi connectivity index (χ0v) is 19.6. The number of likely N-dealkylation sites (N-methyl/N-ethyl adjacent to an activating group) is 1. The van der Waals surface area contributed by atoms with Crippen LogP contribution in [0.5, 0.6) is 5.75 Å². The van der Waals surface area contributed by atoms with Gasteiger partial charge in [0, 0.05) is 50.2 Å². The maximum atomic E-state index is 12.4. The van der Waals surface area contributed by atoms with Crippen LogP contribution >= 0.6 is 0 Å². The summed E-state index contributed by atoms with van der Waals surface area (Å²) in [7, 11) is -1.76. The number of hydrogen-bond acceptors (Lipinski definition) is 7. The molecule has 1 aromatic carbocycles. The van der Waals surface area contributed by atoms with Crippen LogP contribution in [0.4, 0.5) is 11.5 Å². The predicted octanol–water partition coefficient (Wildman–Crippen LogP) is 1.68. The van der Waals surface area contributed by atoms with Crippen LogP contribution in [0.15, 0.2) is 42.6 Å².